The predicted octanol–water partition coefficient (Wildman–Crippen LogP) is 2.66. The number of benzene rings is 1. The fraction of sp³-hybridized carbons (Fsp3) is 0.333. The van der Waals surface area contributed by atoms with Crippen molar-refractivity contribution in [1.82, 2.24) is 4.90 Å². The minimum atomic E-state index is -0.446. The number of nitrogens with zero attached hydrogens (tertiary/aromatic N) is 1. The maximum Gasteiger partial charge on any atom is 0.339 e. The molecule has 1 atom stereocenters. The molecule has 1 saturated heterocycles. The third-order valence-corrected chi connectivity index (χ3v) is 4.45. The van der Waals surface area contributed by atoms with Crippen molar-refractivity contribution in [2.24, 2.45) is 0 Å². The average molecular weight is 385 g/mol. The monoisotopic (exact) mass is 385 g/mol. The number of ether oxygens (including phenoxy) is 3. The van der Waals surface area contributed by atoms with E-state index in [0.717, 1.165) is 5.56 Å². The summed E-state index contributed by atoms with van der Waals surface area (Å²) in [5, 5.41) is 0. The summed E-state index contributed by atoms with van der Waals surface area (Å²) >= 11 is 0. The molecule has 2 heterocycles. The normalized spacial score (nSPS) is 16.4. The molecule has 7 heteroatoms. The van der Waals surface area contributed by atoms with Gasteiger partial charge in [0.25, 0.3) is 0 Å². The molecule has 148 valence electrons. The van der Waals surface area contributed by atoms with Crippen molar-refractivity contribution in [3.63, 3.8) is 0 Å². The third-order valence-electron chi connectivity index (χ3n) is 4.45. The number of carbonyl (C=O) groups is 1. The molecular formula is C21H23NO6. The lowest BCUT2D eigenvalue weighted by atomic mass is 10.2. The molecule has 7 nitrogen and oxygen atoms in total. The van der Waals surface area contributed by atoms with E-state index in [1.807, 2.05) is 12.1 Å². The summed E-state index contributed by atoms with van der Waals surface area (Å²) in [4.78, 5) is 25.6. The molecule has 0 bridgehead atoms. The minimum absolute atomic E-state index is 0.0929. The van der Waals surface area contributed by atoms with Crippen LogP contribution in [-0.2, 0) is 4.79 Å². The van der Waals surface area contributed by atoms with Crippen LogP contribution >= 0.6 is 0 Å². The first kappa shape index (κ1) is 19.5. The van der Waals surface area contributed by atoms with Gasteiger partial charge in [-0.15, -0.1) is 0 Å². The minimum Gasteiger partial charge on any atom is -0.493 e. The average Bonchev–Trinajstić information content (AvgIpc) is 3.13. The van der Waals surface area contributed by atoms with Crippen molar-refractivity contribution in [2.75, 3.05) is 27.3 Å². The second-order valence-electron chi connectivity index (χ2n) is 6.48. The quantitative estimate of drug-likeness (QED) is 0.712. The van der Waals surface area contributed by atoms with E-state index >= 15 is 0 Å². The van der Waals surface area contributed by atoms with Gasteiger partial charge in [0.2, 0.25) is 5.91 Å². The highest BCUT2D eigenvalue weighted by atomic mass is 16.5. The Morgan fingerprint density at radius 1 is 1.18 bits per heavy atom. The fourth-order valence-corrected chi connectivity index (χ4v) is 3.09. The zero-order valence-electron chi connectivity index (χ0n) is 16.1. The summed E-state index contributed by atoms with van der Waals surface area (Å²) < 4.78 is 21.2. The maximum atomic E-state index is 12.5. The number of aryl methyl sites for hydroxylation is 1. The van der Waals surface area contributed by atoms with Crippen molar-refractivity contribution >= 4 is 12.0 Å². The number of hydrogen-bond donors (Lipinski definition) is 0. The first-order chi connectivity index (χ1) is 13.5. The van der Waals surface area contributed by atoms with Crippen LogP contribution in [0.2, 0.25) is 0 Å². The lowest BCUT2D eigenvalue weighted by molar-refractivity contribution is -0.125. The van der Waals surface area contributed by atoms with Crippen molar-refractivity contribution < 1.29 is 23.4 Å². The molecule has 3 rings (SSSR count). The molecule has 2 aromatic rings. The summed E-state index contributed by atoms with van der Waals surface area (Å²) in [7, 11) is 3.14. The van der Waals surface area contributed by atoms with Crippen molar-refractivity contribution in [3.8, 4) is 17.2 Å². The van der Waals surface area contributed by atoms with Gasteiger partial charge in [-0.2, -0.15) is 0 Å². The molecule has 0 aliphatic carbocycles. The molecule has 1 unspecified atom stereocenters. The number of hydrogen-bond acceptors (Lipinski definition) is 6. The van der Waals surface area contributed by atoms with Gasteiger partial charge in [0.05, 0.1) is 26.8 Å². The van der Waals surface area contributed by atoms with Gasteiger partial charge in [-0.05, 0) is 30.7 Å². The molecule has 0 spiro atoms. The lowest BCUT2D eigenvalue weighted by Gasteiger charge is -2.15. The number of rotatable bonds is 6. The van der Waals surface area contributed by atoms with Crippen LogP contribution in [0.1, 0.15) is 17.7 Å². The summed E-state index contributed by atoms with van der Waals surface area (Å²) in [6.07, 6.45) is 3.82. The predicted molar refractivity (Wildman–Crippen MR) is 104 cm³/mol. The Morgan fingerprint density at radius 3 is 2.68 bits per heavy atom. The van der Waals surface area contributed by atoms with Gasteiger partial charge in [0.15, 0.2) is 11.5 Å². The van der Waals surface area contributed by atoms with Crippen LogP contribution in [0.15, 0.2) is 45.6 Å². The van der Waals surface area contributed by atoms with Crippen LogP contribution in [0.3, 0.4) is 0 Å². The van der Waals surface area contributed by atoms with E-state index in [4.69, 9.17) is 18.6 Å². The first-order valence-corrected chi connectivity index (χ1v) is 8.96. The second-order valence-corrected chi connectivity index (χ2v) is 6.48. The zero-order chi connectivity index (χ0) is 20.1. The van der Waals surface area contributed by atoms with Crippen LogP contribution < -0.4 is 19.8 Å². The third kappa shape index (κ3) is 4.73. The summed E-state index contributed by atoms with van der Waals surface area (Å²) in [6.45, 7) is 2.76. The number of likely N-dealkylation sites (tertiary alicyclic amines) is 1. The van der Waals surface area contributed by atoms with Gasteiger partial charge >= 0.3 is 5.63 Å². The van der Waals surface area contributed by atoms with E-state index in [1.165, 1.54) is 12.1 Å². The summed E-state index contributed by atoms with van der Waals surface area (Å²) in [5.41, 5.74) is 0.392. The van der Waals surface area contributed by atoms with Gasteiger partial charge in [-0.3, -0.25) is 4.79 Å². The highest BCUT2D eigenvalue weighted by Gasteiger charge is 2.26. The van der Waals surface area contributed by atoms with Gasteiger partial charge < -0.3 is 23.5 Å². The Morgan fingerprint density at radius 2 is 1.96 bits per heavy atom. The Kier molecular flexibility index (Phi) is 6.03. The molecule has 1 aliphatic heterocycles. The zero-order valence-corrected chi connectivity index (χ0v) is 16.1. The summed E-state index contributed by atoms with van der Waals surface area (Å²) in [6, 6.07) is 8.44. The highest BCUT2D eigenvalue weighted by Crippen LogP contribution is 2.28. The van der Waals surface area contributed by atoms with Gasteiger partial charge in [0.1, 0.15) is 17.6 Å². The summed E-state index contributed by atoms with van der Waals surface area (Å²) in [5.74, 6) is 2.11. The molecule has 1 aromatic carbocycles. The Labute approximate surface area is 163 Å². The van der Waals surface area contributed by atoms with E-state index in [2.05, 4.69) is 0 Å². The largest absolute Gasteiger partial charge is 0.493 e. The SMILES string of the molecule is COc1ccc(/C=C/C(=O)N2CCC(Oc3cc(C)oc(=O)c3)C2)cc1OC. The Balaban J connectivity index is 1.60. The van der Waals surface area contributed by atoms with Crippen molar-refractivity contribution in [1.29, 1.82) is 0 Å². The van der Waals surface area contributed by atoms with Gasteiger partial charge in [-0.25, -0.2) is 4.79 Å². The van der Waals surface area contributed by atoms with Crippen LogP contribution in [0, 0.1) is 6.92 Å². The van der Waals surface area contributed by atoms with E-state index < -0.39 is 5.63 Å². The molecule has 0 radical (unpaired) electrons. The van der Waals surface area contributed by atoms with Crippen LogP contribution in [-0.4, -0.2) is 44.2 Å². The molecule has 1 fully saturated rings. The number of carbonyl (C=O) groups excluding carboxylic acids is 1. The molecular weight excluding hydrogens is 362 g/mol. The van der Waals surface area contributed by atoms with Crippen LogP contribution in [0.4, 0.5) is 0 Å². The molecule has 28 heavy (non-hydrogen) atoms. The van der Waals surface area contributed by atoms with Crippen LogP contribution in [0.25, 0.3) is 6.08 Å². The maximum absolute atomic E-state index is 12.5. The molecule has 1 amide bonds. The van der Waals surface area contributed by atoms with E-state index in [-0.39, 0.29) is 12.0 Å². The van der Waals surface area contributed by atoms with Gasteiger partial charge in [0, 0.05) is 25.1 Å². The Bertz CT molecular complexity index is 933. The Hall–Kier alpha value is -3.22. The fourth-order valence-electron chi connectivity index (χ4n) is 3.09. The van der Waals surface area contributed by atoms with Crippen molar-refractivity contribution in [2.45, 2.75) is 19.4 Å². The lowest BCUT2D eigenvalue weighted by Crippen LogP contribution is -2.29. The van der Waals surface area contributed by atoms with E-state index in [9.17, 15) is 9.59 Å². The van der Waals surface area contributed by atoms with Crippen LogP contribution in [0.5, 0.6) is 17.2 Å². The molecule has 0 N–H and O–H groups in total. The number of amides is 1. The molecule has 1 aliphatic rings. The van der Waals surface area contributed by atoms with E-state index in [0.29, 0.717) is 42.5 Å². The number of methoxy groups -OCH3 is 2. The molecule has 1 aromatic heterocycles. The van der Waals surface area contributed by atoms with Crippen molar-refractivity contribution in [3.05, 3.63) is 58.2 Å². The highest BCUT2D eigenvalue weighted by molar-refractivity contribution is 5.92. The van der Waals surface area contributed by atoms with Gasteiger partial charge in [-0.1, -0.05) is 6.07 Å². The smallest absolute Gasteiger partial charge is 0.339 e. The molecule has 0 saturated carbocycles. The second kappa shape index (κ2) is 8.65. The topological polar surface area (TPSA) is 78.2 Å². The van der Waals surface area contributed by atoms with E-state index in [1.54, 1.807) is 44.3 Å². The standard InChI is InChI=1S/C21H23NO6/c1-14-10-17(12-21(24)27-14)28-16-8-9-22(13-16)20(23)7-5-15-4-6-18(25-2)19(11-15)26-3/h4-7,10-12,16H,8-9,13H2,1-3H3/b7-5+. The first-order valence-electron chi connectivity index (χ1n) is 8.96.